The van der Waals surface area contributed by atoms with Gasteiger partial charge in [-0.25, -0.2) is 9.59 Å². The smallest absolute Gasteiger partial charge is 0.416 e. The Morgan fingerprint density at radius 3 is 1.81 bits per heavy atom. The molecule has 0 radical (unpaired) electrons. The van der Waals surface area contributed by atoms with Gasteiger partial charge in [-0.15, -0.1) is 11.8 Å². The molecule has 11 nitrogen and oxygen atoms in total. The lowest BCUT2D eigenvalue weighted by molar-refractivity contribution is -0.166. The lowest BCUT2D eigenvalue weighted by atomic mass is 9.95. The maximum absolute atomic E-state index is 14.3. The van der Waals surface area contributed by atoms with Gasteiger partial charge in [-0.2, -0.15) is 0 Å². The SMILES string of the molecule is CC(C)(C)OC(=O)C(C(=O)NC1C(=O)N2C(C(=O)OC(c3ccccc3)c3ccccc3)C(NC(=O)Oc3ccccc3)=CS[C@H]12)c1ccccc1. The quantitative estimate of drug-likeness (QED) is 0.118. The third kappa shape index (κ3) is 8.18. The minimum absolute atomic E-state index is 0.0566. The fourth-order valence-electron chi connectivity index (χ4n) is 5.87. The fraction of sp³-hybridized carbons (Fsp3) is 0.225. The van der Waals surface area contributed by atoms with Crippen molar-refractivity contribution in [2.45, 2.75) is 55.9 Å². The highest BCUT2D eigenvalue weighted by Gasteiger charge is 2.57. The molecule has 2 N–H and O–H groups in total. The van der Waals surface area contributed by atoms with Crippen LogP contribution in [0.5, 0.6) is 5.75 Å². The van der Waals surface area contributed by atoms with Crippen LogP contribution in [0.25, 0.3) is 0 Å². The van der Waals surface area contributed by atoms with Crippen molar-refractivity contribution >= 4 is 41.6 Å². The monoisotopic (exact) mass is 719 g/mol. The average molecular weight is 720 g/mol. The Bertz CT molecular complexity index is 1910. The maximum Gasteiger partial charge on any atom is 0.416 e. The number of carbonyl (C=O) groups excluding carboxylic acids is 5. The Morgan fingerprint density at radius 1 is 0.750 bits per heavy atom. The fourth-order valence-corrected chi connectivity index (χ4v) is 7.05. The number of carbonyl (C=O) groups is 5. The largest absolute Gasteiger partial charge is 0.459 e. The van der Waals surface area contributed by atoms with Crippen LogP contribution in [0.15, 0.2) is 132 Å². The molecule has 2 aliphatic rings. The summed E-state index contributed by atoms with van der Waals surface area (Å²) in [5, 5.41) is 6.11. The molecular formula is C40H37N3O8S. The Kier molecular flexibility index (Phi) is 10.8. The van der Waals surface area contributed by atoms with E-state index in [-0.39, 0.29) is 11.4 Å². The first-order valence-electron chi connectivity index (χ1n) is 16.6. The van der Waals surface area contributed by atoms with Crippen molar-refractivity contribution in [3.05, 3.63) is 149 Å². The number of fused-ring (bicyclic) bond motifs is 1. The minimum atomic E-state index is -1.40. The zero-order valence-corrected chi connectivity index (χ0v) is 29.4. The molecule has 2 aliphatic heterocycles. The number of rotatable bonds is 10. The van der Waals surface area contributed by atoms with Crippen molar-refractivity contribution in [1.82, 2.24) is 15.5 Å². The van der Waals surface area contributed by atoms with Gasteiger partial charge in [0.05, 0.1) is 5.70 Å². The summed E-state index contributed by atoms with van der Waals surface area (Å²) in [6.45, 7) is 5.09. The van der Waals surface area contributed by atoms with Gasteiger partial charge in [0.1, 0.15) is 22.8 Å². The van der Waals surface area contributed by atoms with E-state index in [2.05, 4.69) is 10.6 Å². The van der Waals surface area contributed by atoms with Gasteiger partial charge in [0, 0.05) is 0 Å². The van der Waals surface area contributed by atoms with Crippen molar-refractivity contribution in [2.75, 3.05) is 0 Å². The van der Waals surface area contributed by atoms with Crippen LogP contribution in [0.4, 0.5) is 4.79 Å². The van der Waals surface area contributed by atoms with Gasteiger partial charge in [0.2, 0.25) is 11.8 Å². The molecule has 0 aliphatic carbocycles. The van der Waals surface area contributed by atoms with Gasteiger partial charge >= 0.3 is 18.0 Å². The number of β-lactam (4-membered cyclic amide) rings is 1. The minimum Gasteiger partial charge on any atom is -0.459 e. The predicted molar refractivity (Wildman–Crippen MR) is 193 cm³/mol. The number of para-hydroxylation sites is 1. The Labute approximate surface area is 305 Å². The Hall–Kier alpha value is -5.88. The molecule has 4 aromatic carbocycles. The average Bonchev–Trinajstić information content (AvgIpc) is 3.13. The summed E-state index contributed by atoms with van der Waals surface area (Å²) >= 11 is 1.12. The van der Waals surface area contributed by atoms with Crippen LogP contribution in [0.2, 0.25) is 0 Å². The number of thioether (sulfide) groups is 1. The second-order valence-corrected chi connectivity index (χ2v) is 14.1. The number of ether oxygens (including phenoxy) is 3. The molecule has 0 aromatic heterocycles. The number of amides is 3. The molecule has 266 valence electrons. The van der Waals surface area contributed by atoms with E-state index in [1.165, 1.54) is 10.3 Å². The lowest BCUT2D eigenvalue weighted by Gasteiger charge is -2.51. The van der Waals surface area contributed by atoms with E-state index in [9.17, 15) is 24.0 Å². The first-order valence-corrected chi connectivity index (χ1v) is 17.5. The van der Waals surface area contributed by atoms with Crippen LogP contribution in [0, 0.1) is 0 Å². The number of benzene rings is 4. The molecule has 1 fully saturated rings. The molecule has 12 heteroatoms. The molecular weight excluding hydrogens is 683 g/mol. The lowest BCUT2D eigenvalue weighted by Crippen LogP contribution is -2.75. The summed E-state index contributed by atoms with van der Waals surface area (Å²) < 4.78 is 17.1. The number of nitrogens with zero attached hydrogens (tertiary/aromatic N) is 1. The third-order valence-electron chi connectivity index (χ3n) is 8.18. The number of nitrogens with one attached hydrogen (secondary N) is 2. The first-order chi connectivity index (χ1) is 25.0. The van der Waals surface area contributed by atoms with Gasteiger partial charge in [0.15, 0.2) is 18.1 Å². The van der Waals surface area contributed by atoms with Crippen LogP contribution >= 0.6 is 11.8 Å². The second-order valence-electron chi connectivity index (χ2n) is 13.1. The molecule has 3 unspecified atom stereocenters. The van der Waals surface area contributed by atoms with E-state index in [4.69, 9.17) is 14.2 Å². The number of esters is 2. The van der Waals surface area contributed by atoms with E-state index in [1.54, 1.807) is 81.4 Å². The summed E-state index contributed by atoms with van der Waals surface area (Å²) in [5.41, 5.74) is 0.973. The van der Waals surface area contributed by atoms with Crippen molar-refractivity contribution in [3.63, 3.8) is 0 Å². The Morgan fingerprint density at radius 2 is 1.27 bits per heavy atom. The normalized spacial score (nSPS) is 18.5. The van der Waals surface area contributed by atoms with E-state index in [1.807, 2.05) is 60.7 Å². The summed E-state index contributed by atoms with van der Waals surface area (Å²) in [6, 6.07) is 32.6. The molecule has 4 aromatic rings. The second kappa shape index (κ2) is 15.6. The van der Waals surface area contributed by atoms with Crippen molar-refractivity contribution in [3.8, 4) is 5.75 Å². The van der Waals surface area contributed by atoms with Crippen LogP contribution < -0.4 is 15.4 Å². The van der Waals surface area contributed by atoms with Gasteiger partial charge in [-0.1, -0.05) is 109 Å². The van der Waals surface area contributed by atoms with E-state index in [0.29, 0.717) is 16.7 Å². The summed E-state index contributed by atoms with van der Waals surface area (Å²) in [4.78, 5) is 69.6. The highest BCUT2D eigenvalue weighted by molar-refractivity contribution is 8.02. The van der Waals surface area contributed by atoms with Crippen molar-refractivity contribution in [1.29, 1.82) is 0 Å². The zero-order valence-electron chi connectivity index (χ0n) is 28.6. The molecule has 0 bridgehead atoms. The van der Waals surface area contributed by atoms with Gasteiger partial charge < -0.3 is 24.4 Å². The van der Waals surface area contributed by atoms with Gasteiger partial charge in [-0.05, 0) is 55.0 Å². The molecule has 0 spiro atoms. The molecule has 4 atom stereocenters. The molecule has 2 heterocycles. The Balaban J connectivity index is 1.28. The third-order valence-corrected chi connectivity index (χ3v) is 9.35. The van der Waals surface area contributed by atoms with Crippen LogP contribution in [-0.4, -0.2) is 57.8 Å². The standard InChI is InChI=1S/C40H37N3O8S/c1-40(2,3)51-37(46)30(25-16-8-4-9-17-25)34(44)42-31-35(45)43-32(29(24-52-36(31)43)41-39(48)49-28-22-14-7-15-23-28)38(47)50-33(26-18-10-5-11-19-26)27-20-12-6-13-21-27/h4-24,30-33,36H,1-3H3,(H,41,48)(H,42,44)/t30?,31?,32?,36-/m1/s1. The highest BCUT2D eigenvalue weighted by atomic mass is 32.2. The molecule has 1 saturated heterocycles. The molecule has 52 heavy (non-hydrogen) atoms. The van der Waals surface area contributed by atoms with E-state index >= 15 is 0 Å². The van der Waals surface area contributed by atoms with Gasteiger partial charge in [0.25, 0.3) is 0 Å². The topological polar surface area (TPSA) is 140 Å². The number of hydrogen-bond acceptors (Lipinski definition) is 9. The van der Waals surface area contributed by atoms with Crippen molar-refractivity contribution in [2.24, 2.45) is 0 Å². The summed E-state index contributed by atoms with van der Waals surface area (Å²) in [6.07, 6.45) is -1.72. The summed E-state index contributed by atoms with van der Waals surface area (Å²) in [7, 11) is 0. The zero-order chi connectivity index (χ0) is 36.8. The first kappa shape index (κ1) is 35.9. The number of hydrogen-bond donors (Lipinski definition) is 2. The van der Waals surface area contributed by atoms with Crippen LogP contribution in [0.1, 0.15) is 49.5 Å². The maximum atomic E-state index is 14.3. The van der Waals surface area contributed by atoms with Gasteiger partial charge in [-0.3, -0.25) is 19.7 Å². The van der Waals surface area contributed by atoms with Crippen LogP contribution in [0.3, 0.4) is 0 Å². The van der Waals surface area contributed by atoms with Crippen LogP contribution in [-0.2, 0) is 28.7 Å². The van der Waals surface area contributed by atoms with Crippen molar-refractivity contribution < 1.29 is 38.2 Å². The molecule has 0 saturated carbocycles. The summed E-state index contributed by atoms with van der Waals surface area (Å²) in [5.74, 6) is -4.00. The van der Waals surface area contributed by atoms with E-state index < -0.39 is 64.9 Å². The van der Waals surface area contributed by atoms with E-state index in [0.717, 1.165) is 11.8 Å². The molecule has 6 rings (SSSR count). The molecule has 3 amide bonds. The highest BCUT2D eigenvalue weighted by Crippen LogP contribution is 2.41. The predicted octanol–water partition coefficient (Wildman–Crippen LogP) is 5.84.